The molecule has 1 N–H and O–H groups in total. The van der Waals surface area contributed by atoms with Crippen LogP contribution in [0, 0.1) is 6.92 Å². The molecule has 3 aromatic carbocycles. The average Bonchev–Trinajstić information content (AvgIpc) is 3.22. The van der Waals surface area contributed by atoms with Gasteiger partial charge in [0.15, 0.2) is 5.82 Å². The molecule has 0 fully saturated rings. The van der Waals surface area contributed by atoms with Gasteiger partial charge in [-0.2, -0.15) is 18.2 Å². The third kappa shape index (κ3) is 5.68. The van der Waals surface area contributed by atoms with E-state index < -0.39 is 11.7 Å². The van der Waals surface area contributed by atoms with E-state index in [1.165, 1.54) is 16.8 Å². The van der Waals surface area contributed by atoms with Crippen LogP contribution >= 0.6 is 0 Å². The fraction of sp³-hybridized carbons (Fsp3) is 0.192. The Morgan fingerprint density at radius 2 is 1.71 bits per heavy atom. The van der Waals surface area contributed by atoms with E-state index in [0.29, 0.717) is 16.9 Å². The SMILES string of the molecule is Cc1ccc(C(=O)Nc2cccc(-n3nc(OC(C)C)nc3-c3cccc(C(F)(F)F)c3)c2)cc1. The Kier molecular flexibility index (Phi) is 6.59. The topological polar surface area (TPSA) is 69.0 Å². The van der Waals surface area contributed by atoms with Gasteiger partial charge in [0.25, 0.3) is 5.91 Å². The van der Waals surface area contributed by atoms with E-state index in [9.17, 15) is 18.0 Å². The normalized spacial score (nSPS) is 11.5. The van der Waals surface area contributed by atoms with Gasteiger partial charge in [-0.3, -0.25) is 4.79 Å². The van der Waals surface area contributed by atoms with E-state index in [0.717, 1.165) is 17.7 Å². The number of benzene rings is 3. The number of hydrogen-bond donors (Lipinski definition) is 1. The summed E-state index contributed by atoms with van der Waals surface area (Å²) in [6, 6.07) is 18.8. The number of ether oxygens (including phenoxy) is 1. The standard InChI is InChI=1S/C26H23F3N4O2/c1-16(2)35-25-31-23(19-6-4-7-20(14-19)26(27,28)29)33(32-25)22-9-5-8-21(15-22)30-24(34)18-12-10-17(3)11-13-18/h4-16H,1-3H3,(H,30,34). The van der Waals surface area contributed by atoms with Crippen LogP contribution in [0.1, 0.15) is 35.3 Å². The van der Waals surface area contributed by atoms with Gasteiger partial charge in [-0.1, -0.05) is 35.9 Å². The van der Waals surface area contributed by atoms with Gasteiger partial charge in [0.05, 0.1) is 17.4 Å². The number of nitrogens with zero attached hydrogens (tertiary/aromatic N) is 3. The van der Waals surface area contributed by atoms with Gasteiger partial charge < -0.3 is 10.1 Å². The molecular formula is C26H23F3N4O2. The number of aromatic nitrogens is 3. The number of anilines is 1. The minimum absolute atomic E-state index is 0.0292. The Hall–Kier alpha value is -4.14. The highest BCUT2D eigenvalue weighted by Crippen LogP contribution is 2.33. The summed E-state index contributed by atoms with van der Waals surface area (Å²) in [6.45, 7) is 5.53. The van der Waals surface area contributed by atoms with E-state index in [1.54, 1.807) is 50.2 Å². The maximum Gasteiger partial charge on any atom is 0.416 e. The van der Waals surface area contributed by atoms with Crippen LogP contribution < -0.4 is 10.1 Å². The zero-order chi connectivity index (χ0) is 25.2. The Bertz CT molecular complexity index is 1350. The molecule has 0 aliphatic rings. The van der Waals surface area contributed by atoms with Crippen LogP contribution in [0.4, 0.5) is 18.9 Å². The molecule has 1 aromatic heterocycles. The lowest BCUT2D eigenvalue weighted by Crippen LogP contribution is -2.12. The molecule has 0 unspecified atom stereocenters. The van der Waals surface area contributed by atoms with Crippen molar-refractivity contribution in [3.8, 4) is 23.1 Å². The molecule has 0 atom stereocenters. The van der Waals surface area contributed by atoms with E-state index in [4.69, 9.17) is 4.74 Å². The second-order valence-corrected chi connectivity index (χ2v) is 8.25. The van der Waals surface area contributed by atoms with E-state index in [-0.39, 0.29) is 29.4 Å². The molecule has 6 nitrogen and oxygen atoms in total. The number of halogens is 3. The summed E-state index contributed by atoms with van der Waals surface area (Å²) in [7, 11) is 0. The molecule has 4 aromatic rings. The molecule has 180 valence electrons. The van der Waals surface area contributed by atoms with Crippen LogP contribution in [0.25, 0.3) is 17.1 Å². The van der Waals surface area contributed by atoms with E-state index in [1.807, 2.05) is 19.1 Å². The van der Waals surface area contributed by atoms with Gasteiger partial charge >= 0.3 is 12.2 Å². The minimum atomic E-state index is -4.50. The lowest BCUT2D eigenvalue weighted by molar-refractivity contribution is -0.137. The molecule has 9 heteroatoms. The zero-order valence-corrected chi connectivity index (χ0v) is 19.3. The number of aryl methyl sites for hydroxylation is 1. The molecule has 0 bridgehead atoms. The first kappa shape index (κ1) is 24.0. The first-order chi connectivity index (χ1) is 16.6. The van der Waals surface area contributed by atoms with Gasteiger partial charge in [-0.15, -0.1) is 5.10 Å². The second kappa shape index (κ2) is 9.61. The maximum atomic E-state index is 13.3. The van der Waals surface area contributed by atoms with Crippen LogP contribution in [-0.2, 0) is 6.18 Å². The minimum Gasteiger partial charge on any atom is -0.460 e. The number of carbonyl (C=O) groups excluding carboxylic acids is 1. The summed E-state index contributed by atoms with van der Waals surface area (Å²) in [4.78, 5) is 17.0. The molecule has 0 radical (unpaired) electrons. The Balaban J connectivity index is 1.72. The average molecular weight is 480 g/mol. The van der Waals surface area contributed by atoms with E-state index >= 15 is 0 Å². The number of carbonyl (C=O) groups is 1. The summed E-state index contributed by atoms with van der Waals surface area (Å²) in [5.41, 5.74) is 1.94. The summed E-state index contributed by atoms with van der Waals surface area (Å²) in [5, 5.41) is 7.20. The fourth-order valence-electron chi connectivity index (χ4n) is 3.38. The largest absolute Gasteiger partial charge is 0.460 e. The number of rotatable bonds is 6. The third-order valence-corrected chi connectivity index (χ3v) is 5.04. The van der Waals surface area contributed by atoms with Crippen LogP contribution in [0.15, 0.2) is 72.8 Å². The monoisotopic (exact) mass is 480 g/mol. The first-order valence-electron chi connectivity index (χ1n) is 10.9. The molecular weight excluding hydrogens is 457 g/mol. The van der Waals surface area contributed by atoms with Gasteiger partial charge in [0.1, 0.15) is 0 Å². The molecule has 4 rings (SSSR count). The van der Waals surface area contributed by atoms with E-state index in [2.05, 4.69) is 15.4 Å². The molecule has 0 spiro atoms. The zero-order valence-electron chi connectivity index (χ0n) is 19.3. The van der Waals surface area contributed by atoms with Crippen molar-refractivity contribution in [1.82, 2.24) is 14.8 Å². The van der Waals surface area contributed by atoms with Crippen LogP contribution in [0.5, 0.6) is 6.01 Å². The fourth-order valence-corrected chi connectivity index (χ4v) is 3.38. The van der Waals surface area contributed by atoms with Crippen molar-refractivity contribution in [2.75, 3.05) is 5.32 Å². The highest BCUT2D eigenvalue weighted by Gasteiger charge is 2.31. The highest BCUT2D eigenvalue weighted by molar-refractivity contribution is 6.04. The molecule has 0 saturated carbocycles. The van der Waals surface area contributed by atoms with Crippen molar-refractivity contribution in [2.24, 2.45) is 0 Å². The summed E-state index contributed by atoms with van der Waals surface area (Å²) < 4.78 is 46.9. The molecule has 0 aliphatic heterocycles. The summed E-state index contributed by atoms with van der Waals surface area (Å²) >= 11 is 0. The predicted octanol–water partition coefficient (Wildman–Crippen LogP) is 6.30. The molecule has 1 amide bonds. The maximum absolute atomic E-state index is 13.3. The first-order valence-corrected chi connectivity index (χ1v) is 10.9. The predicted molar refractivity (Wildman–Crippen MR) is 127 cm³/mol. The van der Waals surface area contributed by atoms with Crippen LogP contribution in [-0.4, -0.2) is 26.8 Å². The Labute approximate surface area is 200 Å². The van der Waals surface area contributed by atoms with Crippen molar-refractivity contribution >= 4 is 11.6 Å². The summed E-state index contributed by atoms with van der Waals surface area (Å²) in [5.74, 6) is -0.114. The lowest BCUT2D eigenvalue weighted by Gasteiger charge is -2.11. The number of hydrogen-bond acceptors (Lipinski definition) is 4. The Morgan fingerprint density at radius 3 is 2.40 bits per heavy atom. The molecule has 1 heterocycles. The molecule has 0 saturated heterocycles. The second-order valence-electron chi connectivity index (χ2n) is 8.25. The van der Waals surface area contributed by atoms with Gasteiger partial charge in [-0.25, -0.2) is 4.68 Å². The van der Waals surface area contributed by atoms with Crippen LogP contribution in [0.2, 0.25) is 0 Å². The van der Waals surface area contributed by atoms with Crippen molar-refractivity contribution in [3.05, 3.63) is 89.5 Å². The number of nitrogens with one attached hydrogen (secondary N) is 1. The molecule has 35 heavy (non-hydrogen) atoms. The number of amides is 1. The smallest absolute Gasteiger partial charge is 0.416 e. The van der Waals surface area contributed by atoms with Crippen molar-refractivity contribution in [1.29, 1.82) is 0 Å². The Morgan fingerprint density at radius 1 is 1.00 bits per heavy atom. The summed E-state index contributed by atoms with van der Waals surface area (Å²) in [6.07, 6.45) is -4.74. The third-order valence-electron chi connectivity index (χ3n) is 5.04. The number of alkyl halides is 3. The van der Waals surface area contributed by atoms with Crippen molar-refractivity contribution < 1.29 is 22.7 Å². The lowest BCUT2D eigenvalue weighted by atomic mass is 10.1. The van der Waals surface area contributed by atoms with Crippen molar-refractivity contribution in [3.63, 3.8) is 0 Å². The van der Waals surface area contributed by atoms with Crippen LogP contribution in [0.3, 0.4) is 0 Å². The highest BCUT2D eigenvalue weighted by atomic mass is 19.4. The van der Waals surface area contributed by atoms with Gasteiger partial charge in [0.2, 0.25) is 0 Å². The van der Waals surface area contributed by atoms with Gasteiger partial charge in [0, 0.05) is 16.8 Å². The van der Waals surface area contributed by atoms with Crippen molar-refractivity contribution in [2.45, 2.75) is 33.1 Å². The van der Waals surface area contributed by atoms with Gasteiger partial charge in [-0.05, 0) is 63.2 Å². The molecule has 0 aliphatic carbocycles. The quantitative estimate of drug-likeness (QED) is 0.352.